The minimum absolute atomic E-state index is 0.128. The van der Waals surface area contributed by atoms with Gasteiger partial charge in [-0.1, -0.05) is 78.9 Å². The van der Waals surface area contributed by atoms with E-state index in [0.29, 0.717) is 45.2 Å². The summed E-state index contributed by atoms with van der Waals surface area (Å²) < 4.78 is 0. The first kappa shape index (κ1) is 31.7. The molecular formula is C38H44N4O4. The highest BCUT2D eigenvalue weighted by atomic mass is 16.2. The Hall–Kier alpha value is -4.30. The first-order valence-corrected chi connectivity index (χ1v) is 16.4. The van der Waals surface area contributed by atoms with E-state index in [1.165, 1.54) is 11.0 Å². The topological polar surface area (TPSA) is 104 Å². The van der Waals surface area contributed by atoms with Crippen LogP contribution >= 0.6 is 0 Å². The van der Waals surface area contributed by atoms with Crippen LogP contribution in [-0.4, -0.2) is 82.5 Å². The molecule has 8 nitrogen and oxygen atoms in total. The third-order valence-electron chi connectivity index (χ3n) is 10.5. The zero-order chi connectivity index (χ0) is 32.5. The number of Topliss-reactive ketones (excluding diaryl/α,β-unsaturated/α-hetero) is 1. The fraction of sp³-hybridized carbons (Fsp3) is 0.421. The molecule has 2 saturated carbocycles. The van der Waals surface area contributed by atoms with Crippen molar-refractivity contribution in [3.05, 3.63) is 96.1 Å². The number of hydrogen-bond donors (Lipinski definition) is 1. The molecule has 240 valence electrons. The van der Waals surface area contributed by atoms with Crippen LogP contribution in [0.25, 0.3) is 10.8 Å². The summed E-state index contributed by atoms with van der Waals surface area (Å²) in [6, 6.07) is 23.1. The van der Waals surface area contributed by atoms with Crippen molar-refractivity contribution in [2.75, 3.05) is 27.2 Å². The Balaban J connectivity index is 1.31. The van der Waals surface area contributed by atoms with Crippen LogP contribution in [0.1, 0.15) is 62.0 Å². The van der Waals surface area contributed by atoms with E-state index in [2.05, 4.69) is 6.07 Å². The summed E-state index contributed by atoms with van der Waals surface area (Å²) in [5.74, 6) is -0.721. The number of nitrogens with two attached hydrogens (primary N) is 1. The highest BCUT2D eigenvalue weighted by Crippen LogP contribution is 2.56. The zero-order valence-corrected chi connectivity index (χ0v) is 26.9. The van der Waals surface area contributed by atoms with Gasteiger partial charge in [-0.25, -0.2) is 0 Å². The molecule has 3 amide bonds. The standard InChI is InChI=1S/C38H44N4O4/c1-40(34(44)14-8-19-37(39)20-9-21-37)33(25-27-15-16-28-10-6-7-13-30(28)24-27)35(45)41(2)38(26-32(38)29-11-4-3-5-12-29)36(46)42-22-17-31(43)18-23-42/h3-8,10-16,24,32-33H,9,17-23,25-26,39H2,1-2H3/b14-8+/t32?,33-,38?/m1/s1. The molecule has 3 aromatic rings. The number of fused-ring (bicyclic) bond motifs is 1. The molecule has 3 fully saturated rings. The number of rotatable bonds is 10. The number of likely N-dealkylation sites (N-methyl/N-ethyl adjacent to an activating group) is 2. The number of piperidine rings is 1. The van der Waals surface area contributed by atoms with Crippen molar-refractivity contribution in [1.29, 1.82) is 0 Å². The van der Waals surface area contributed by atoms with Crippen LogP contribution in [0.4, 0.5) is 0 Å². The summed E-state index contributed by atoms with van der Waals surface area (Å²) in [6.07, 6.45) is 8.40. The zero-order valence-electron chi connectivity index (χ0n) is 26.9. The lowest BCUT2D eigenvalue weighted by Gasteiger charge is -2.38. The van der Waals surface area contributed by atoms with Gasteiger partial charge in [0.05, 0.1) is 0 Å². The average Bonchev–Trinajstić information content (AvgIpc) is 3.83. The lowest BCUT2D eigenvalue weighted by Crippen LogP contribution is -2.58. The number of carbonyl (C=O) groups excluding carboxylic acids is 4. The SMILES string of the molecule is CN(C(=O)/C=C/CC1(N)CCC1)[C@H](Cc1ccc2ccccc2c1)C(=O)N(C)C1(C(=O)N2CCC(=O)CC2)CC1c1ccccc1. The summed E-state index contributed by atoms with van der Waals surface area (Å²) in [5, 5.41) is 2.15. The Labute approximate surface area is 271 Å². The van der Waals surface area contributed by atoms with E-state index in [1.807, 2.05) is 72.8 Å². The number of ketones is 1. The van der Waals surface area contributed by atoms with Crippen LogP contribution in [0.15, 0.2) is 84.9 Å². The van der Waals surface area contributed by atoms with Gasteiger partial charge in [-0.2, -0.15) is 0 Å². The number of carbonyl (C=O) groups is 4. The third kappa shape index (κ3) is 6.23. The molecule has 1 heterocycles. The molecule has 1 aliphatic heterocycles. The van der Waals surface area contributed by atoms with Gasteiger partial charge in [0.15, 0.2) is 0 Å². The van der Waals surface area contributed by atoms with E-state index in [0.717, 1.165) is 41.2 Å². The van der Waals surface area contributed by atoms with Gasteiger partial charge in [-0.05, 0) is 60.1 Å². The molecule has 3 atom stereocenters. The van der Waals surface area contributed by atoms with E-state index in [4.69, 9.17) is 5.73 Å². The highest BCUT2D eigenvalue weighted by molar-refractivity contribution is 5.99. The van der Waals surface area contributed by atoms with E-state index in [9.17, 15) is 19.2 Å². The van der Waals surface area contributed by atoms with Crippen molar-refractivity contribution in [2.45, 2.75) is 74.4 Å². The Kier molecular flexibility index (Phi) is 8.84. The van der Waals surface area contributed by atoms with Crippen molar-refractivity contribution < 1.29 is 19.2 Å². The van der Waals surface area contributed by atoms with Crippen LogP contribution in [0.2, 0.25) is 0 Å². The van der Waals surface area contributed by atoms with Gasteiger partial charge in [-0.3, -0.25) is 19.2 Å². The van der Waals surface area contributed by atoms with E-state index >= 15 is 0 Å². The van der Waals surface area contributed by atoms with Gasteiger partial charge in [0.1, 0.15) is 17.4 Å². The molecule has 2 unspecified atom stereocenters. The second kappa shape index (κ2) is 12.8. The fourth-order valence-corrected chi connectivity index (χ4v) is 7.21. The number of likely N-dealkylation sites (tertiary alicyclic amines) is 1. The number of amides is 3. The molecule has 46 heavy (non-hydrogen) atoms. The van der Waals surface area contributed by atoms with Gasteiger partial charge < -0.3 is 20.4 Å². The van der Waals surface area contributed by atoms with Gasteiger partial charge in [0, 0.05) is 57.9 Å². The lowest BCUT2D eigenvalue weighted by atomic mass is 9.75. The fourth-order valence-electron chi connectivity index (χ4n) is 7.21. The van der Waals surface area contributed by atoms with Crippen LogP contribution in [-0.2, 0) is 25.6 Å². The molecule has 0 spiro atoms. The van der Waals surface area contributed by atoms with E-state index in [1.54, 1.807) is 23.9 Å². The van der Waals surface area contributed by atoms with Crippen molar-refractivity contribution in [3.63, 3.8) is 0 Å². The highest BCUT2D eigenvalue weighted by Gasteiger charge is 2.66. The quantitative estimate of drug-likeness (QED) is 0.334. The van der Waals surface area contributed by atoms with Gasteiger partial charge in [-0.15, -0.1) is 0 Å². The summed E-state index contributed by atoms with van der Waals surface area (Å²) in [4.78, 5) is 59.5. The van der Waals surface area contributed by atoms with Crippen LogP contribution in [0.3, 0.4) is 0 Å². The van der Waals surface area contributed by atoms with Gasteiger partial charge in [0.25, 0.3) is 0 Å². The van der Waals surface area contributed by atoms with Crippen molar-refractivity contribution in [2.24, 2.45) is 5.73 Å². The third-order valence-corrected chi connectivity index (χ3v) is 10.5. The Morgan fingerprint density at radius 2 is 1.63 bits per heavy atom. The molecule has 3 aliphatic rings. The molecule has 1 saturated heterocycles. The maximum Gasteiger partial charge on any atom is 0.249 e. The van der Waals surface area contributed by atoms with Crippen molar-refractivity contribution in [3.8, 4) is 0 Å². The van der Waals surface area contributed by atoms with Crippen LogP contribution in [0.5, 0.6) is 0 Å². The molecule has 2 N–H and O–H groups in total. The summed E-state index contributed by atoms with van der Waals surface area (Å²) in [7, 11) is 3.37. The maximum absolute atomic E-state index is 14.7. The van der Waals surface area contributed by atoms with Crippen LogP contribution < -0.4 is 5.73 Å². The second-order valence-electron chi connectivity index (χ2n) is 13.5. The number of hydrogen-bond acceptors (Lipinski definition) is 5. The van der Waals surface area contributed by atoms with Gasteiger partial charge in [0.2, 0.25) is 17.7 Å². The maximum atomic E-state index is 14.7. The van der Waals surface area contributed by atoms with Crippen molar-refractivity contribution >= 4 is 34.3 Å². The molecule has 8 heteroatoms. The number of benzene rings is 3. The molecule has 0 bridgehead atoms. The normalized spacial score (nSPS) is 22.7. The predicted molar refractivity (Wildman–Crippen MR) is 179 cm³/mol. The minimum Gasteiger partial charge on any atom is -0.340 e. The Morgan fingerprint density at radius 3 is 2.30 bits per heavy atom. The minimum atomic E-state index is -1.09. The molecular weight excluding hydrogens is 576 g/mol. The summed E-state index contributed by atoms with van der Waals surface area (Å²) in [5.41, 5.74) is 6.97. The van der Waals surface area contributed by atoms with E-state index in [-0.39, 0.29) is 35.0 Å². The summed E-state index contributed by atoms with van der Waals surface area (Å²) in [6.45, 7) is 0.713. The molecule has 0 radical (unpaired) electrons. The first-order valence-electron chi connectivity index (χ1n) is 16.4. The van der Waals surface area contributed by atoms with Crippen LogP contribution in [0, 0.1) is 0 Å². The molecule has 6 rings (SSSR count). The smallest absolute Gasteiger partial charge is 0.249 e. The van der Waals surface area contributed by atoms with Gasteiger partial charge >= 0.3 is 0 Å². The monoisotopic (exact) mass is 620 g/mol. The Bertz CT molecular complexity index is 1660. The number of nitrogens with zero attached hydrogens (tertiary/aromatic N) is 3. The average molecular weight is 621 g/mol. The lowest BCUT2D eigenvalue weighted by molar-refractivity contribution is -0.151. The molecule has 2 aliphatic carbocycles. The second-order valence-corrected chi connectivity index (χ2v) is 13.5. The van der Waals surface area contributed by atoms with E-state index < -0.39 is 11.6 Å². The molecule has 3 aromatic carbocycles. The molecule has 0 aromatic heterocycles. The predicted octanol–water partition coefficient (Wildman–Crippen LogP) is 4.61. The first-order chi connectivity index (χ1) is 22.1. The largest absolute Gasteiger partial charge is 0.340 e. The van der Waals surface area contributed by atoms with Crippen molar-refractivity contribution in [1.82, 2.24) is 14.7 Å². The summed E-state index contributed by atoms with van der Waals surface area (Å²) >= 11 is 0. The Morgan fingerprint density at radius 1 is 0.957 bits per heavy atom.